The van der Waals surface area contributed by atoms with Crippen LogP contribution in [0.2, 0.25) is 0 Å². The fourth-order valence-corrected chi connectivity index (χ4v) is 3.96. The van der Waals surface area contributed by atoms with Gasteiger partial charge in [-0.2, -0.15) is 0 Å². The van der Waals surface area contributed by atoms with Crippen LogP contribution in [0.5, 0.6) is 0 Å². The van der Waals surface area contributed by atoms with Crippen molar-refractivity contribution in [3.8, 4) is 0 Å². The van der Waals surface area contributed by atoms with E-state index >= 15 is 0 Å². The molecule has 0 saturated carbocycles. The van der Waals surface area contributed by atoms with Crippen molar-refractivity contribution < 1.29 is 17.9 Å². The van der Waals surface area contributed by atoms with Gasteiger partial charge in [-0.15, -0.1) is 0 Å². The topological polar surface area (TPSA) is 75.7 Å². The average molecular weight is 354 g/mol. The maximum absolute atomic E-state index is 12.3. The second-order valence-corrected chi connectivity index (χ2v) is 9.03. The molecule has 1 saturated heterocycles. The Labute approximate surface area is 144 Å². The lowest BCUT2D eigenvalue weighted by atomic mass is 10.2. The number of hydrogen-bond donors (Lipinski definition) is 1. The van der Waals surface area contributed by atoms with E-state index in [1.807, 2.05) is 52.0 Å². The molecule has 1 unspecified atom stereocenters. The number of aryl methyl sites for hydroxylation is 1. The van der Waals surface area contributed by atoms with Gasteiger partial charge in [0.2, 0.25) is 10.0 Å². The smallest absolute Gasteiger partial charge is 0.410 e. The van der Waals surface area contributed by atoms with Crippen molar-refractivity contribution in [3.05, 3.63) is 35.4 Å². The van der Waals surface area contributed by atoms with Crippen molar-refractivity contribution in [3.63, 3.8) is 0 Å². The largest absolute Gasteiger partial charge is 0.444 e. The molecule has 134 valence electrons. The van der Waals surface area contributed by atoms with E-state index in [-0.39, 0.29) is 11.8 Å². The minimum Gasteiger partial charge on any atom is -0.444 e. The van der Waals surface area contributed by atoms with E-state index in [4.69, 9.17) is 4.74 Å². The Hall–Kier alpha value is -1.60. The van der Waals surface area contributed by atoms with E-state index in [9.17, 15) is 13.2 Å². The average Bonchev–Trinajstić information content (AvgIpc) is 2.87. The molecule has 6 nitrogen and oxygen atoms in total. The van der Waals surface area contributed by atoms with Crippen LogP contribution in [0.4, 0.5) is 4.79 Å². The maximum Gasteiger partial charge on any atom is 0.410 e. The van der Waals surface area contributed by atoms with Gasteiger partial charge < -0.3 is 9.64 Å². The molecule has 0 bridgehead atoms. The van der Waals surface area contributed by atoms with Crippen LogP contribution in [0.25, 0.3) is 0 Å². The number of hydrogen-bond acceptors (Lipinski definition) is 4. The summed E-state index contributed by atoms with van der Waals surface area (Å²) in [5.41, 5.74) is 1.28. The van der Waals surface area contributed by atoms with E-state index in [0.29, 0.717) is 19.5 Å². The molecule has 0 spiro atoms. The van der Waals surface area contributed by atoms with Gasteiger partial charge in [0.25, 0.3) is 0 Å². The first-order chi connectivity index (χ1) is 11.0. The van der Waals surface area contributed by atoms with Crippen LogP contribution in [0.1, 0.15) is 38.3 Å². The van der Waals surface area contributed by atoms with E-state index in [2.05, 4.69) is 4.72 Å². The second kappa shape index (κ2) is 7.11. The monoisotopic (exact) mass is 354 g/mol. The van der Waals surface area contributed by atoms with Gasteiger partial charge >= 0.3 is 6.09 Å². The van der Waals surface area contributed by atoms with Crippen LogP contribution in [0, 0.1) is 6.92 Å². The molecule has 1 atom stereocenters. The van der Waals surface area contributed by atoms with Gasteiger partial charge in [0.05, 0.1) is 5.75 Å². The van der Waals surface area contributed by atoms with E-state index in [1.54, 1.807) is 4.90 Å². The number of rotatable bonds is 4. The number of ether oxygens (including phenoxy) is 1. The molecular weight excluding hydrogens is 328 g/mol. The zero-order valence-electron chi connectivity index (χ0n) is 14.7. The Morgan fingerprint density at radius 2 is 1.92 bits per heavy atom. The molecule has 1 aliphatic rings. The molecular formula is C17H26N2O4S. The Kier molecular flexibility index (Phi) is 5.55. The molecule has 1 N–H and O–H groups in total. The lowest BCUT2D eigenvalue weighted by Crippen LogP contribution is -2.40. The van der Waals surface area contributed by atoms with Gasteiger partial charge in [-0.3, -0.25) is 0 Å². The molecule has 1 heterocycles. The van der Waals surface area contributed by atoms with Crippen molar-refractivity contribution in [1.82, 2.24) is 9.62 Å². The third kappa shape index (κ3) is 5.79. The van der Waals surface area contributed by atoms with Crippen molar-refractivity contribution in [2.24, 2.45) is 0 Å². The molecule has 1 amide bonds. The highest BCUT2D eigenvalue weighted by atomic mass is 32.2. The van der Waals surface area contributed by atoms with Crippen LogP contribution in [0.15, 0.2) is 24.3 Å². The zero-order chi connectivity index (χ0) is 18.0. The van der Waals surface area contributed by atoms with Crippen molar-refractivity contribution in [1.29, 1.82) is 0 Å². The predicted octanol–water partition coefficient (Wildman–Crippen LogP) is 2.42. The number of carbonyl (C=O) groups excluding carboxylic acids is 1. The van der Waals surface area contributed by atoms with Gasteiger partial charge in [-0.25, -0.2) is 17.9 Å². The summed E-state index contributed by atoms with van der Waals surface area (Å²) >= 11 is 0. The van der Waals surface area contributed by atoms with Gasteiger partial charge in [0.15, 0.2) is 0 Å². The minimum absolute atomic E-state index is 0.0593. The third-order valence-corrected chi connectivity index (χ3v) is 5.07. The first kappa shape index (κ1) is 18.7. The highest BCUT2D eigenvalue weighted by molar-refractivity contribution is 7.88. The summed E-state index contributed by atoms with van der Waals surface area (Å²) in [5.74, 6) is -0.0593. The first-order valence-electron chi connectivity index (χ1n) is 8.07. The Morgan fingerprint density at radius 1 is 1.29 bits per heavy atom. The van der Waals surface area contributed by atoms with Crippen LogP contribution in [-0.2, 0) is 20.5 Å². The Morgan fingerprint density at radius 3 is 2.50 bits per heavy atom. The second-order valence-electron chi connectivity index (χ2n) is 7.27. The van der Waals surface area contributed by atoms with E-state index in [1.165, 1.54) is 0 Å². The number of amides is 1. The van der Waals surface area contributed by atoms with Gasteiger partial charge in [-0.05, 0) is 39.7 Å². The molecule has 7 heteroatoms. The van der Waals surface area contributed by atoms with E-state index < -0.39 is 21.7 Å². The summed E-state index contributed by atoms with van der Waals surface area (Å²) in [5, 5.41) is 0. The van der Waals surface area contributed by atoms with Crippen molar-refractivity contribution in [2.45, 2.75) is 51.5 Å². The van der Waals surface area contributed by atoms with Crippen LogP contribution < -0.4 is 4.72 Å². The molecule has 1 fully saturated rings. The third-order valence-electron chi connectivity index (χ3n) is 3.66. The first-order valence-corrected chi connectivity index (χ1v) is 9.73. The summed E-state index contributed by atoms with van der Waals surface area (Å²) in [4.78, 5) is 13.6. The van der Waals surface area contributed by atoms with Crippen LogP contribution in [0.3, 0.4) is 0 Å². The number of likely N-dealkylation sites (tertiary alicyclic amines) is 1. The summed E-state index contributed by atoms with van der Waals surface area (Å²) < 4.78 is 32.6. The molecule has 24 heavy (non-hydrogen) atoms. The normalized spacial score (nSPS) is 18.7. The van der Waals surface area contributed by atoms with Crippen LogP contribution in [-0.4, -0.2) is 44.1 Å². The quantitative estimate of drug-likeness (QED) is 0.901. The molecule has 1 aromatic carbocycles. The molecule has 2 rings (SSSR count). The highest BCUT2D eigenvalue weighted by Gasteiger charge is 2.31. The molecule has 0 aromatic heterocycles. The molecule has 0 aliphatic carbocycles. The number of carbonyl (C=O) groups is 1. The summed E-state index contributed by atoms with van der Waals surface area (Å²) in [6.07, 6.45) is 0.189. The van der Waals surface area contributed by atoms with Crippen LogP contribution >= 0.6 is 0 Å². The van der Waals surface area contributed by atoms with Gasteiger partial charge in [0, 0.05) is 19.1 Å². The lowest BCUT2D eigenvalue weighted by Gasteiger charge is -2.24. The predicted molar refractivity (Wildman–Crippen MR) is 93.2 cm³/mol. The molecule has 1 aromatic rings. The minimum atomic E-state index is -3.44. The fourth-order valence-electron chi connectivity index (χ4n) is 2.55. The number of sulfonamides is 1. The van der Waals surface area contributed by atoms with Crippen molar-refractivity contribution in [2.75, 3.05) is 13.1 Å². The summed E-state index contributed by atoms with van der Waals surface area (Å²) in [6.45, 7) is 8.21. The molecule has 0 radical (unpaired) electrons. The Balaban J connectivity index is 1.89. The lowest BCUT2D eigenvalue weighted by molar-refractivity contribution is 0.0292. The van der Waals surface area contributed by atoms with Gasteiger partial charge in [0.1, 0.15) is 5.60 Å². The number of nitrogens with one attached hydrogen (secondary N) is 1. The zero-order valence-corrected chi connectivity index (χ0v) is 15.5. The molecule has 1 aliphatic heterocycles. The standard InChI is InChI=1S/C17H26N2O4S/c1-13-5-7-14(8-6-13)12-24(21,22)18-15-9-10-19(11-15)16(20)23-17(2,3)4/h5-8,15,18H,9-12H2,1-4H3. The maximum atomic E-state index is 12.3. The number of benzene rings is 1. The SMILES string of the molecule is Cc1ccc(CS(=O)(=O)NC2CCN(C(=O)OC(C)(C)C)C2)cc1. The van der Waals surface area contributed by atoms with Gasteiger partial charge in [-0.1, -0.05) is 29.8 Å². The van der Waals surface area contributed by atoms with E-state index in [0.717, 1.165) is 11.1 Å². The fraction of sp³-hybridized carbons (Fsp3) is 0.588. The summed E-state index contributed by atoms with van der Waals surface area (Å²) in [7, 11) is -3.44. The Bertz CT molecular complexity index is 678. The summed E-state index contributed by atoms with van der Waals surface area (Å²) in [6, 6.07) is 7.15. The van der Waals surface area contributed by atoms with Crippen molar-refractivity contribution >= 4 is 16.1 Å². The highest BCUT2D eigenvalue weighted by Crippen LogP contribution is 2.16. The number of nitrogens with zero attached hydrogens (tertiary/aromatic N) is 1.